The second-order valence-corrected chi connectivity index (χ2v) is 5.16. The van der Waals surface area contributed by atoms with Gasteiger partial charge in [-0.05, 0) is 12.3 Å². The first-order valence-corrected chi connectivity index (χ1v) is 6.19. The van der Waals surface area contributed by atoms with Crippen LogP contribution in [-0.4, -0.2) is 42.9 Å². The van der Waals surface area contributed by atoms with E-state index in [1.165, 1.54) is 0 Å². The number of carbonyl (C=O) groups excluding carboxylic acids is 2. The molecule has 2 unspecified atom stereocenters. The van der Waals surface area contributed by atoms with Gasteiger partial charge in [0.2, 0.25) is 11.8 Å². The number of nitrogens with two attached hydrogens (primary N) is 1. The largest absolute Gasteiger partial charge is 0.355 e. The number of nitrogens with zero attached hydrogens (tertiary/aromatic N) is 1. The molecule has 6 heteroatoms. The highest BCUT2D eigenvalue weighted by Crippen LogP contribution is 2.13. The minimum absolute atomic E-state index is 0. The van der Waals surface area contributed by atoms with Crippen LogP contribution in [0.4, 0.5) is 0 Å². The number of halogens is 1. The zero-order valence-corrected chi connectivity index (χ0v) is 12.1. The van der Waals surface area contributed by atoms with Gasteiger partial charge in [0, 0.05) is 32.6 Å². The smallest absolute Gasteiger partial charge is 0.227 e. The van der Waals surface area contributed by atoms with Gasteiger partial charge in [0.05, 0.1) is 5.92 Å². The Balaban J connectivity index is 0.00000289. The van der Waals surface area contributed by atoms with Gasteiger partial charge in [0.25, 0.3) is 0 Å². The topological polar surface area (TPSA) is 75.4 Å². The molecule has 1 fully saturated rings. The van der Waals surface area contributed by atoms with Gasteiger partial charge in [-0.25, -0.2) is 0 Å². The van der Waals surface area contributed by atoms with E-state index < -0.39 is 0 Å². The van der Waals surface area contributed by atoms with Crippen LogP contribution in [0.2, 0.25) is 0 Å². The SMILES string of the molecule is CC(C)C(N)CCN(C)C(=O)C1CNC(=O)C1.Cl. The normalized spacial score (nSPS) is 20.3. The molecule has 2 amide bonds. The van der Waals surface area contributed by atoms with E-state index in [9.17, 15) is 9.59 Å². The van der Waals surface area contributed by atoms with Crippen molar-refractivity contribution in [3.05, 3.63) is 0 Å². The summed E-state index contributed by atoms with van der Waals surface area (Å²) in [6, 6.07) is 0.119. The van der Waals surface area contributed by atoms with Crippen molar-refractivity contribution in [2.24, 2.45) is 17.6 Å². The summed E-state index contributed by atoms with van der Waals surface area (Å²) in [5.41, 5.74) is 5.94. The van der Waals surface area contributed by atoms with Crippen molar-refractivity contribution in [2.75, 3.05) is 20.1 Å². The number of hydrogen-bond donors (Lipinski definition) is 2. The highest BCUT2D eigenvalue weighted by Gasteiger charge is 2.29. The van der Waals surface area contributed by atoms with Crippen molar-refractivity contribution < 1.29 is 9.59 Å². The Bertz CT molecular complexity index is 297. The molecule has 0 saturated carbocycles. The molecule has 0 aromatic carbocycles. The van der Waals surface area contributed by atoms with E-state index in [2.05, 4.69) is 19.2 Å². The lowest BCUT2D eigenvalue weighted by Gasteiger charge is -2.23. The van der Waals surface area contributed by atoms with E-state index in [0.717, 1.165) is 6.42 Å². The fraction of sp³-hybridized carbons (Fsp3) is 0.833. The lowest BCUT2D eigenvalue weighted by atomic mass is 10.0. The number of hydrogen-bond acceptors (Lipinski definition) is 3. The predicted octanol–water partition coefficient (Wildman–Crippen LogP) is 0.376. The summed E-state index contributed by atoms with van der Waals surface area (Å²) in [6.07, 6.45) is 1.12. The fourth-order valence-electron chi connectivity index (χ4n) is 1.88. The molecule has 0 radical (unpaired) electrons. The zero-order valence-electron chi connectivity index (χ0n) is 11.3. The molecular formula is C12H24ClN3O2. The zero-order chi connectivity index (χ0) is 13.0. The standard InChI is InChI=1S/C12H23N3O2.ClH/c1-8(2)10(13)4-5-15(3)12(17)9-6-11(16)14-7-9;/h8-10H,4-7,13H2,1-3H3,(H,14,16);1H. The summed E-state index contributed by atoms with van der Waals surface area (Å²) >= 11 is 0. The minimum atomic E-state index is -0.192. The first-order valence-electron chi connectivity index (χ1n) is 6.19. The van der Waals surface area contributed by atoms with Crippen molar-refractivity contribution >= 4 is 24.2 Å². The lowest BCUT2D eigenvalue weighted by molar-refractivity contribution is -0.134. The Kier molecular flexibility index (Phi) is 7.25. The van der Waals surface area contributed by atoms with Crippen LogP contribution in [0.5, 0.6) is 0 Å². The minimum Gasteiger partial charge on any atom is -0.355 e. The van der Waals surface area contributed by atoms with Crippen LogP contribution >= 0.6 is 12.4 Å². The quantitative estimate of drug-likeness (QED) is 0.763. The number of carbonyl (C=O) groups is 2. The van der Waals surface area contributed by atoms with Crippen LogP contribution < -0.4 is 11.1 Å². The summed E-state index contributed by atoms with van der Waals surface area (Å²) < 4.78 is 0. The van der Waals surface area contributed by atoms with E-state index in [4.69, 9.17) is 5.73 Å². The summed E-state index contributed by atoms with van der Waals surface area (Å²) in [4.78, 5) is 24.7. The molecule has 0 bridgehead atoms. The van der Waals surface area contributed by atoms with Gasteiger partial charge in [0.1, 0.15) is 0 Å². The molecule has 1 aliphatic heterocycles. The summed E-state index contributed by atoms with van der Waals surface area (Å²) in [6.45, 7) is 5.28. The number of nitrogens with one attached hydrogen (secondary N) is 1. The Morgan fingerprint density at radius 1 is 1.56 bits per heavy atom. The van der Waals surface area contributed by atoms with Gasteiger partial charge >= 0.3 is 0 Å². The van der Waals surface area contributed by atoms with Crippen LogP contribution in [0.25, 0.3) is 0 Å². The van der Waals surface area contributed by atoms with Gasteiger partial charge in [-0.15, -0.1) is 12.4 Å². The molecule has 1 saturated heterocycles. The average Bonchev–Trinajstić information content (AvgIpc) is 2.70. The number of amides is 2. The van der Waals surface area contributed by atoms with E-state index in [1.807, 2.05) is 0 Å². The Morgan fingerprint density at radius 3 is 2.61 bits per heavy atom. The molecule has 5 nitrogen and oxygen atoms in total. The summed E-state index contributed by atoms with van der Waals surface area (Å²) in [7, 11) is 1.78. The molecule has 1 heterocycles. The second kappa shape index (κ2) is 7.59. The Morgan fingerprint density at radius 2 is 2.17 bits per heavy atom. The van der Waals surface area contributed by atoms with Crippen molar-refractivity contribution in [2.45, 2.75) is 32.7 Å². The molecule has 0 aromatic rings. The summed E-state index contributed by atoms with van der Waals surface area (Å²) in [5.74, 6) is 0.242. The Hall–Kier alpha value is -0.810. The second-order valence-electron chi connectivity index (χ2n) is 5.16. The van der Waals surface area contributed by atoms with E-state index in [0.29, 0.717) is 25.4 Å². The van der Waals surface area contributed by atoms with Gasteiger partial charge in [-0.3, -0.25) is 9.59 Å². The molecule has 0 aliphatic carbocycles. The molecule has 106 valence electrons. The van der Waals surface area contributed by atoms with Crippen molar-refractivity contribution in [1.29, 1.82) is 0 Å². The molecule has 0 spiro atoms. The van der Waals surface area contributed by atoms with Crippen molar-refractivity contribution in [3.63, 3.8) is 0 Å². The van der Waals surface area contributed by atoms with E-state index in [-0.39, 0.29) is 36.2 Å². The molecule has 1 aliphatic rings. The van der Waals surface area contributed by atoms with Gasteiger partial charge in [-0.1, -0.05) is 13.8 Å². The fourth-order valence-corrected chi connectivity index (χ4v) is 1.88. The molecular weight excluding hydrogens is 254 g/mol. The molecule has 3 N–H and O–H groups in total. The van der Waals surface area contributed by atoms with Crippen molar-refractivity contribution in [1.82, 2.24) is 10.2 Å². The number of rotatable bonds is 5. The lowest BCUT2D eigenvalue weighted by Crippen LogP contribution is -2.38. The van der Waals surface area contributed by atoms with E-state index in [1.54, 1.807) is 11.9 Å². The first-order chi connectivity index (χ1) is 7.91. The van der Waals surface area contributed by atoms with Crippen LogP contribution in [0.1, 0.15) is 26.7 Å². The monoisotopic (exact) mass is 277 g/mol. The van der Waals surface area contributed by atoms with Gasteiger partial charge in [0.15, 0.2) is 0 Å². The van der Waals surface area contributed by atoms with Gasteiger partial charge in [-0.2, -0.15) is 0 Å². The molecule has 0 aromatic heterocycles. The average molecular weight is 278 g/mol. The summed E-state index contributed by atoms with van der Waals surface area (Å²) in [5, 5.41) is 2.68. The third kappa shape index (κ3) is 4.82. The van der Waals surface area contributed by atoms with Crippen LogP contribution in [0, 0.1) is 11.8 Å². The molecule has 18 heavy (non-hydrogen) atoms. The maximum atomic E-state index is 12.0. The third-order valence-corrected chi connectivity index (χ3v) is 3.36. The van der Waals surface area contributed by atoms with Gasteiger partial charge < -0.3 is 16.0 Å². The highest BCUT2D eigenvalue weighted by atomic mass is 35.5. The molecule has 2 atom stereocenters. The maximum absolute atomic E-state index is 12.0. The van der Waals surface area contributed by atoms with Crippen LogP contribution in [0.15, 0.2) is 0 Å². The van der Waals surface area contributed by atoms with E-state index >= 15 is 0 Å². The maximum Gasteiger partial charge on any atom is 0.227 e. The van der Waals surface area contributed by atoms with Crippen LogP contribution in [-0.2, 0) is 9.59 Å². The molecule has 1 rings (SSSR count). The van der Waals surface area contributed by atoms with Crippen LogP contribution in [0.3, 0.4) is 0 Å². The Labute approximate surface area is 115 Å². The first kappa shape index (κ1) is 17.2. The highest BCUT2D eigenvalue weighted by molar-refractivity contribution is 5.89. The van der Waals surface area contributed by atoms with Crippen molar-refractivity contribution in [3.8, 4) is 0 Å². The third-order valence-electron chi connectivity index (χ3n) is 3.36. The predicted molar refractivity (Wildman–Crippen MR) is 73.4 cm³/mol.